The maximum Gasteiger partial charge on any atom is 0.135 e. The molecule has 2 heteroatoms. The number of hydrogen-bond acceptors (Lipinski definition) is 2. The molecule has 0 atom stereocenters. The third kappa shape index (κ3) is 44.5. The molecule has 15 aromatic rings. The molecule has 13 aromatic carbocycles. The van der Waals surface area contributed by atoms with Crippen molar-refractivity contribution in [2.24, 2.45) is 23.7 Å². The Morgan fingerprint density at radius 2 is 0.541 bits per heavy atom. The lowest BCUT2D eigenvalue weighted by atomic mass is 9.86. The van der Waals surface area contributed by atoms with E-state index in [1.807, 2.05) is 200 Å². The van der Waals surface area contributed by atoms with Crippen molar-refractivity contribution in [3.05, 3.63) is 338 Å². The summed E-state index contributed by atoms with van der Waals surface area (Å²) in [4.78, 5) is 0. The average molecular weight is 1660 g/mol. The maximum absolute atomic E-state index is 5.65. The van der Waals surface area contributed by atoms with Crippen LogP contribution < -0.4 is 0 Å². The van der Waals surface area contributed by atoms with Gasteiger partial charge in [0.1, 0.15) is 11.2 Å². The molecule has 122 heavy (non-hydrogen) atoms. The molecule has 1 nitrogen and oxygen atoms in total. The van der Waals surface area contributed by atoms with Gasteiger partial charge in [-0.15, -0.1) is 11.3 Å². The van der Waals surface area contributed by atoms with Crippen LogP contribution in [0.15, 0.2) is 320 Å². The minimum Gasteiger partial charge on any atom is -0.456 e. The molecule has 0 fully saturated rings. The third-order valence-electron chi connectivity index (χ3n) is 17.7. The minimum absolute atomic E-state index is 0.483. The molecule has 0 N–H and O–H groups in total. The smallest absolute Gasteiger partial charge is 0.135 e. The van der Waals surface area contributed by atoms with Crippen LogP contribution in [0.25, 0.3) is 97.0 Å². The molecule has 15 rings (SSSR count). The molecule has 0 saturated carbocycles. The van der Waals surface area contributed by atoms with Crippen molar-refractivity contribution in [2.75, 3.05) is 0 Å². The average Bonchev–Trinajstić information content (AvgIpc) is 1.47. The number of benzene rings is 13. The van der Waals surface area contributed by atoms with Crippen molar-refractivity contribution in [2.45, 2.75) is 287 Å². The van der Waals surface area contributed by atoms with Crippen molar-refractivity contribution in [1.29, 1.82) is 0 Å². The predicted molar refractivity (Wildman–Crippen MR) is 570 cm³/mol. The normalized spacial score (nSPS) is 9.39. The first-order valence-corrected chi connectivity index (χ1v) is 48.4. The highest BCUT2D eigenvalue weighted by atomic mass is 32.1. The highest BCUT2D eigenvalue weighted by molar-refractivity contribution is 7.25. The zero-order valence-electron chi connectivity index (χ0n) is 84.1. The molecule has 0 unspecified atom stereocenters. The molecular formula is C120H174OS. The summed E-state index contributed by atoms with van der Waals surface area (Å²) in [5.41, 5.74) is 15.6. The van der Waals surface area contributed by atoms with E-state index in [0.29, 0.717) is 11.8 Å². The van der Waals surface area contributed by atoms with E-state index < -0.39 is 0 Å². The van der Waals surface area contributed by atoms with E-state index in [4.69, 9.17) is 4.42 Å². The molecule has 0 aliphatic carbocycles. The summed E-state index contributed by atoms with van der Waals surface area (Å²) in [7, 11) is 0. The van der Waals surface area contributed by atoms with E-state index in [0.717, 1.165) is 34.8 Å². The molecule has 0 aliphatic rings. The van der Waals surface area contributed by atoms with Gasteiger partial charge >= 0.3 is 0 Å². The molecule has 0 saturated heterocycles. The van der Waals surface area contributed by atoms with Crippen molar-refractivity contribution in [3.63, 3.8) is 0 Å². The SMILES string of the molecule is CC.CC.CC.CC.CC.CC.CC.CC.CC.CC.CC.CC(C)Cc1ccc2ccccc2c1.CC(C)Cc1cccc2ccccc12.CC(C)c1c(-c2ccccc2)cccc1-c1ccccc1.CC(C)c1ccccc1-c1ccccc1.CCC(C)C.CCC(C)C.c1ccc2c(c1)oc1ccccc12.c1ccc2c(c1)sc1ccccc12. The summed E-state index contributed by atoms with van der Waals surface area (Å²) in [6, 6.07) is 111. The highest BCUT2D eigenvalue weighted by Gasteiger charge is 2.15. The molecule has 0 aliphatic heterocycles. The lowest BCUT2D eigenvalue weighted by Crippen LogP contribution is -1.96. The molecular weight excluding hydrogens is 1490 g/mol. The summed E-state index contributed by atoms with van der Waals surface area (Å²) >= 11 is 1.86. The fraction of sp³-hybridized carbons (Fsp3) is 0.383. The van der Waals surface area contributed by atoms with Crippen LogP contribution in [0.3, 0.4) is 0 Å². The first kappa shape index (κ1) is 119. The molecule has 666 valence electrons. The van der Waals surface area contributed by atoms with Gasteiger partial charge in [-0.1, -0.05) is 553 Å². The van der Waals surface area contributed by atoms with Crippen LogP contribution >= 0.6 is 11.3 Å². The second kappa shape index (κ2) is 77.5. The Labute approximate surface area is 755 Å². The van der Waals surface area contributed by atoms with E-state index in [2.05, 4.69) is 376 Å². The van der Waals surface area contributed by atoms with Crippen LogP contribution in [0.4, 0.5) is 0 Å². The molecule has 2 aromatic heterocycles. The van der Waals surface area contributed by atoms with Crippen LogP contribution in [-0.4, -0.2) is 0 Å². The molecule has 0 amide bonds. The number of thiophene rings is 1. The summed E-state index contributed by atoms with van der Waals surface area (Å²) in [5, 5.41) is 10.6. The Kier molecular flexibility index (Phi) is 75.4. The van der Waals surface area contributed by atoms with E-state index in [1.54, 1.807) is 0 Å². The van der Waals surface area contributed by atoms with Crippen LogP contribution in [0, 0.1) is 23.7 Å². The van der Waals surface area contributed by atoms with Crippen molar-refractivity contribution < 1.29 is 4.42 Å². The minimum atomic E-state index is 0.483. The van der Waals surface area contributed by atoms with Crippen LogP contribution in [0.2, 0.25) is 0 Å². The summed E-state index contributed by atoms with van der Waals surface area (Å²) in [6.45, 7) is 75.4. The summed E-state index contributed by atoms with van der Waals surface area (Å²) in [5.74, 6) is 4.28. The van der Waals surface area contributed by atoms with Gasteiger partial charge in [0, 0.05) is 30.9 Å². The van der Waals surface area contributed by atoms with Gasteiger partial charge in [0.15, 0.2) is 0 Å². The van der Waals surface area contributed by atoms with Gasteiger partial charge < -0.3 is 4.42 Å². The van der Waals surface area contributed by atoms with Gasteiger partial charge in [0.25, 0.3) is 0 Å². The summed E-state index contributed by atoms with van der Waals surface area (Å²) in [6.07, 6.45) is 4.95. The first-order valence-electron chi connectivity index (χ1n) is 47.6. The topological polar surface area (TPSA) is 13.1 Å². The molecule has 0 bridgehead atoms. The monoisotopic (exact) mass is 1660 g/mol. The van der Waals surface area contributed by atoms with Crippen LogP contribution in [-0.2, 0) is 12.8 Å². The molecule has 0 spiro atoms. The van der Waals surface area contributed by atoms with Gasteiger partial charge in [0.05, 0.1) is 0 Å². The third-order valence-corrected chi connectivity index (χ3v) is 18.8. The Bertz CT molecular complexity index is 4530. The second-order valence-corrected chi connectivity index (χ2v) is 29.2. The number of rotatable bonds is 11. The molecule has 0 radical (unpaired) electrons. The zero-order chi connectivity index (χ0) is 93.2. The van der Waals surface area contributed by atoms with Gasteiger partial charge in [-0.25, -0.2) is 0 Å². The van der Waals surface area contributed by atoms with Crippen molar-refractivity contribution in [3.8, 4) is 33.4 Å². The Morgan fingerprint density at radius 1 is 0.238 bits per heavy atom. The van der Waals surface area contributed by atoms with Crippen molar-refractivity contribution >= 4 is 75.0 Å². The fourth-order valence-corrected chi connectivity index (χ4v) is 13.0. The Balaban J connectivity index is -0.000000643. The predicted octanol–water partition coefficient (Wildman–Crippen LogP) is 41.7. The lowest BCUT2D eigenvalue weighted by Gasteiger charge is -2.18. The first-order chi connectivity index (χ1) is 59.5. The Morgan fingerprint density at radius 3 is 0.926 bits per heavy atom. The van der Waals surface area contributed by atoms with Crippen LogP contribution in [0.1, 0.15) is 296 Å². The van der Waals surface area contributed by atoms with Gasteiger partial charge in [0.2, 0.25) is 0 Å². The zero-order valence-corrected chi connectivity index (χ0v) is 84.9. The maximum atomic E-state index is 5.65. The molecule has 2 heterocycles. The van der Waals surface area contributed by atoms with Gasteiger partial charge in [-0.3, -0.25) is 0 Å². The summed E-state index contributed by atoms with van der Waals surface area (Å²) < 4.78 is 8.41. The van der Waals surface area contributed by atoms with Crippen molar-refractivity contribution in [1.82, 2.24) is 0 Å². The van der Waals surface area contributed by atoms with Crippen LogP contribution in [0.5, 0.6) is 0 Å². The Hall–Kier alpha value is -9.60. The van der Waals surface area contributed by atoms with Gasteiger partial charge in [-0.2, -0.15) is 0 Å². The largest absolute Gasteiger partial charge is 0.456 e. The number of furan rings is 1. The van der Waals surface area contributed by atoms with E-state index in [9.17, 15) is 0 Å². The quantitative estimate of drug-likeness (QED) is 0.126. The number of fused-ring (bicyclic) bond motifs is 8. The lowest BCUT2D eigenvalue weighted by molar-refractivity contribution is 0.626. The standard InChI is InChI=1S/C21H20.C15H16.2C14H16.C12H8O.C12H8S.2C5H12.11C2H6/c1-16(2)21-19(17-10-5-3-6-11-17)14-9-15-20(21)18-12-7-4-8-13-18;1-12(2)14-10-6-7-11-15(14)13-8-4-3-5-9-13;1-11(2)10-13-8-5-7-12-6-3-4-9-14(12)13;1-11(2)9-12-7-8-13-5-3-4-6-14(13)10-12;2*1-3-7-11-9(5-1)10-6-2-4-8-12(10)13-11;2*1-4-5(2)3;11*1-2/h3-16H,1-2H3;3-12H,1-2H3;3-9,11H,10H2,1-2H3;3-8,10-11H,9H2,1-2H3;2*1-8H;2*5H,4H2,1-3H3;11*1-2H3. The van der Waals surface area contributed by atoms with E-state index in [-0.39, 0.29) is 0 Å². The van der Waals surface area contributed by atoms with E-state index in [1.165, 1.54) is 134 Å². The fourth-order valence-electron chi connectivity index (χ4n) is 11.9. The second-order valence-electron chi connectivity index (χ2n) is 28.1. The van der Waals surface area contributed by atoms with Gasteiger partial charge in [-0.05, 0) is 150 Å². The number of para-hydroxylation sites is 2. The van der Waals surface area contributed by atoms with E-state index >= 15 is 0 Å². The number of hydrogen-bond donors (Lipinski definition) is 0. The highest BCUT2D eigenvalue weighted by Crippen LogP contribution is 2.38.